The molecule has 2 aromatic rings. The molecule has 0 saturated carbocycles. The van der Waals surface area contributed by atoms with Crippen LogP contribution in [0.15, 0.2) is 48.7 Å². The van der Waals surface area contributed by atoms with E-state index in [1.54, 1.807) is 6.20 Å². The number of aromatic nitrogens is 1. The van der Waals surface area contributed by atoms with Gasteiger partial charge in [-0.2, -0.15) is 0 Å². The molecule has 3 aliphatic heterocycles. The molecule has 0 spiro atoms. The van der Waals surface area contributed by atoms with Gasteiger partial charge < -0.3 is 14.4 Å². The Bertz CT molecular complexity index is 838. The zero-order valence-corrected chi connectivity index (χ0v) is 15.9. The molecule has 0 aliphatic carbocycles. The molecule has 2 bridgehead atoms. The number of hydrogen-bond donors (Lipinski definition) is 0. The largest absolute Gasteiger partial charge is 0.487 e. The summed E-state index contributed by atoms with van der Waals surface area (Å²) in [6.07, 6.45) is 4.51. The second-order valence-electron chi connectivity index (χ2n) is 7.74. The van der Waals surface area contributed by atoms with Gasteiger partial charge in [0.2, 0.25) is 5.91 Å². The summed E-state index contributed by atoms with van der Waals surface area (Å²) < 4.78 is 11.9. The smallest absolute Gasteiger partial charge is 0.244 e. The fourth-order valence-corrected chi connectivity index (χ4v) is 4.64. The molecule has 2 atom stereocenters. The van der Waals surface area contributed by atoms with Crippen LogP contribution < -0.4 is 9.64 Å². The summed E-state index contributed by atoms with van der Waals surface area (Å²) in [4.78, 5) is 22.4. The molecule has 2 fully saturated rings. The lowest BCUT2D eigenvalue weighted by Crippen LogP contribution is -2.50. The Morgan fingerprint density at radius 2 is 1.89 bits per heavy atom. The van der Waals surface area contributed by atoms with E-state index in [-0.39, 0.29) is 18.1 Å². The van der Waals surface area contributed by atoms with Crippen molar-refractivity contribution >= 4 is 11.6 Å². The number of nitrogens with zero attached hydrogens (tertiary/aromatic N) is 3. The van der Waals surface area contributed by atoms with Gasteiger partial charge in [-0.15, -0.1) is 0 Å². The molecule has 4 heterocycles. The van der Waals surface area contributed by atoms with E-state index in [9.17, 15) is 4.79 Å². The van der Waals surface area contributed by atoms with Gasteiger partial charge in [0.05, 0.1) is 24.0 Å². The summed E-state index contributed by atoms with van der Waals surface area (Å²) in [6.45, 7) is 2.78. The van der Waals surface area contributed by atoms with E-state index in [4.69, 9.17) is 9.47 Å². The van der Waals surface area contributed by atoms with Crippen molar-refractivity contribution in [2.45, 2.75) is 44.0 Å². The maximum Gasteiger partial charge on any atom is 0.244 e. The predicted molar refractivity (Wildman–Crippen MR) is 105 cm³/mol. The van der Waals surface area contributed by atoms with Gasteiger partial charge in [0.15, 0.2) is 0 Å². The van der Waals surface area contributed by atoms with Crippen LogP contribution in [0.3, 0.4) is 0 Å². The highest BCUT2D eigenvalue weighted by Crippen LogP contribution is 2.38. The second kappa shape index (κ2) is 7.53. The topological polar surface area (TPSA) is 54.9 Å². The molecule has 1 aromatic heterocycles. The Labute approximate surface area is 165 Å². The third-order valence-electron chi connectivity index (χ3n) is 6.01. The Morgan fingerprint density at radius 1 is 1.07 bits per heavy atom. The summed E-state index contributed by atoms with van der Waals surface area (Å²) in [5.74, 6) is 0.930. The van der Waals surface area contributed by atoms with Crippen LogP contribution in [0.4, 0.5) is 5.69 Å². The molecule has 146 valence electrons. The Kier molecular flexibility index (Phi) is 4.74. The number of hydrogen-bond acceptors (Lipinski definition) is 5. The van der Waals surface area contributed by atoms with Crippen molar-refractivity contribution in [3.05, 3.63) is 54.4 Å². The lowest BCUT2D eigenvalue weighted by molar-refractivity contribution is -0.124. The fourth-order valence-electron chi connectivity index (χ4n) is 4.64. The molecule has 2 saturated heterocycles. The number of benzene rings is 1. The van der Waals surface area contributed by atoms with Gasteiger partial charge in [-0.1, -0.05) is 18.2 Å². The molecule has 0 N–H and O–H groups in total. The standard InChI is InChI=1S/C22H25N3O3/c26-22-20-13-18(15-24(20)17-8-11-27-12-9-17)28-21-7-2-1-6-19(21)25(22)14-16-5-3-4-10-23-16/h1-7,10,17-18,20H,8-9,11-15H2. The van der Waals surface area contributed by atoms with Gasteiger partial charge in [0.25, 0.3) is 0 Å². The minimum Gasteiger partial charge on any atom is -0.487 e. The van der Waals surface area contributed by atoms with E-state index < -0.39 is 0 Å². The van der Waals surface area contributed by atoms with E-state index in [1.165, 1.54) is 0 Å². The number of carbonyl (C=O) groups is 1. The molecule has 1 aromatic carbocycles. The van der Waals surface area contributed by atoms with Crippen LogP contribution >= 0.6 is 0 Å². The summed E-state index contributed by atoms with van der Waals surface area (Å²) in [7, 11) is 0. The third-order valence-corrected chi connectivity index (χ3v) is 6.01. The normalized spacial score (nSPS) is 25.7. The van der Waals surface area contributed by atoms with Crippen LogP contribution in [-0.4, -0.2) is 53.7 Å². The Hall–Kier alpha value is -2.44. The van der Waals surface area contributed by atoms with Crippen molar-refractivity contribution in [2.24, 2.45) is 0 Å². The van der Waals surface area contributed by atoms with Crippen LogP contribution in [0.2, 0.25) is 0 Å². The van der Waals surface area contributed by atoms with Gasteiger partial charge >= 0.3 is 0 Å². The summed E-state index contributed by atoms with van der Waals surface area (Å²) >= 11 is 0. The van der Waals surface area contributed by atoms with E-state index in [0.29, 0.717) is 12.6 Å². The third kappa shape index (κ3) is 3.27. The number of ether oxygens (including phenoxy) is 2. The molecule has 0 radical (unpaired) electrons. The summed E-state index contributed by atoms with van der Waals surface area (Å²) in [6, 6.07) is 13.9. The van der Waals surface area contributed by atoms with Crippen LogP contribution in [-0.2, 0) is 16.1 Å². The zero-order chi connectivity index (χ0) is 18.9. The minimum atomic E-state index is -0.148. The first-order valence-electron chi connectivity index (χ1n) is 10.1. The number of fused-ring (bicyclic) bond motifs is 3. The number of amides is 1. The van der Waals surface area contributed by atoms with Crippen LogP contribution in [0.1, 0.15) is 25.0 Å². The van der Waals surface area contributed by atoms with Crippen molar-refractivity contribution in [2.75, 3.05) is 24.7 Å². The Balaban J connectivity index is 1.50. The van der Waals surface area contributed by atoms with Crippen molar-refractivity contribution in [3.63, 3.8) is 0 Å². The van der Waals surface area contributed by atoms with Crippen LogP contribution in [0.5, 0.6) is 5.75 Å². The minimum absolute atomic E-state index is 0.0509. The lowest BCUT2D eigenvalue weighted by Gasteiger charge is -2.36. The molecular weight excluding hydrogens is 354 g/mol. The van der Waals surface area contributed by atoms with E-state index in [2.05, 4.69) is 9.88 Å². The molecular formula is C22H25N3O3. The lowest BCUT2D eigenvalue weighted by atomic mass is 10.0. The van der Waals surface area contributed by atoms with Crippen LogP contribution in [0.25, 0.3) is 0 Å². The van der Waals surface area contributed by atoms with Crippen molar-refractivity contribution in [1.82, 2.24) is 9.88 Å². The Morgan fingerprint density at radius 3 is 2.71 bits per heavy atom. The number of carbonyl (C=O) groups excluding carboxylic acids is 1. The van der Waals surface area contributed by atoms with Gasteiger partial charge in [-0.3, -0.25) is 14.7 Å². The maximum atomic E-state index is 13.7. The first kappa shape index (κ1) is 17.6. The molecule has 6 nitrogen and oxygen atoms in total. The quantitative estimate of drug-likeness (QED) is 0.821. The van der Waals surface area contributed by atoms with Gasteiger partial charge in [0.1, 0.15) is 11.9 Å². The first-order chi connectivity index (χ1) is 13.8. The highest BCUT2D eigenvalue weighted by molar-refractivity contribution is 5.99. The second-order valence-corrected chi connectivity index (χ2v) is 7.74. The molecule has 5 rings (SSSR count). The number of likely N-dealkylation sites (tertiary alicyclic amines) is 1. The fraction of sp³-hybridized carbons (Fsp3) is 0.455. The molecule has 6 heteroatoms. The first-order valence-corrected chi connectivity index (χ1v) is 10.1. The van der Waals surface area contributed by atoms with Gasteiger partial charge in [-0.25, -0.2) is 0 Å². The van der Waals surface area contributed by atoms with E-state index in [0.717, 1.165) is 56.2 Å². The van der Waals surface area contributed by atoms with Gasteiger partial charge in [-0.05, 0) is 37.1 Å². The molecule has 1 amide bonds. The van der Waals surface area contributed by atoms with Crippen molar-refractivity contribution in [3.8, 4) is 5.75 Å². The SMILES string of the molecule is O=C1C2CC(CN2C2CCOCC2)Oc2ccccc2N1Cc1ccccn1. The van der Waals surface area contributed by atoms with E-state index >= 15 is 0 Å². The highest BCUT2D eigenvalue weighted by atomic mass is 16.5. The zero-order valence-electron chi connectivity index (χ0n) is 15.9. The summed E-state index contributed by atoms with van der Waals surface area (Å²) in [5, 5.41) is 0. The average Bonchev–Trinajstić information content (AvgIpc) is 3.18. The average molecular weight is 379 g/mol. The van der Waals surface area contributed by atoms with Crippen LogP contribution in [0, 0.1) is 0 Å². The van der Waals surface area contributed by atoms with Gasteiger partial charge in [0, 0.05) is 38.4 Å². The molecule has 3 aliphatic rings. The predicted octanol–water partition coefficient (Wildman–Crippen LogP) is 2.63. The number of rotatable bonds is 3. The van der Waals surface area contributed by atoms with Crippen molar-refractivity contribution in [1.29, 1.82) is 0 Å². The number of para-hydroxylation sites is 2. The van der Waals surface area contributed by atoms with E-state index in [1.807, 2.05) is 47.4 Å². The molecule has 28 heavy (non-hydrogen) atoms. The van der Waals surface area contributed by atoms with Crippen molar-refractivity contribution < 1.29 is 14.3 Å². The molecule has 2 unspecified atom stereocenters. The summed E-state index contributed by atoms with van der Waals surface area (Å²) in [5.41, 5.74) is 1.71. The maximum absolute atomic E-state index is 13.7. The number of pyridine rings is 1. The number of anilines is 1. The highest BCUT2D eigenvalue weighted by Gasteiger charge is 2.45. The monoisotopic (exact) mass is 379 g/mol.